The number of rotatable bonds is 6. The highest BCUT2D eigenvalue weighted by molar-refractivity contribution is 6.31. The summed E-state index contributed by atoms with van der Waals surface area (Å²) in [6, 6.07) is 22.3. The Hall–Kier alpha value is -4.39. The van der Waals surface area contributed by atoms with E-state index in [0.29, 0.717) is 22.6 Å². The maximum Gasteiger partial charge on any atom is 0.335 e. The number of nitrogens with one attached hydrogen (secondary N) is 1. The van der Waals surface area contributed by atoms with Gasteiger partial charge in [0.1, 0.15) is 17.9 Å². The molecule has 3 aromatic carbocycles. The van der Waals surface area contributed by atoms with E-state index < -0.39 is 17.8 Å². The van der Waals surface area contributed by atoms with Gasteiger partial charge in [0.2, 0.25) is 0 Å². The normalized spacial score (nSPS) is 14.6. The number of anilines is 1. The zero-order valence-electron chi connectivity index (χ0n) is 16.3. The molecule has 0 aromatic heterocycles. The van der Waals surface area contributed by atoms with E-state index in [1.165, 1.54) is 17.2 Å². The number of hydrazine groups is 1. The first-order valence-corrected chi connectivity index (χ1v) is 9.48. The first-order valence-electron chi connectivity index (χ1n) is 9.48. The van der Waals surface area contributed by atoms with E-state index in [1.54, 1.807) is 66.7 Å². The number of para-hydroxylation sites is 1. The molecule has 0 spiro atoms. The lowest BCUT2D eigenvalue weighted by Gasteiger charge is -2.13. The molecule has 1 aliphatic heterocycles. The van der Waals surface area contributed by atoms with Gasteiger partial charge in [0, 0.05) is 0 Å². The molecule has 4 rings (SSSR count). The molecule has 1 fully saturated rings. The maximum atomic E-state index is 12.7. The molecule has 0 atom stereocenters. The standard InChI is InChI=1S/C24H18N2O5/c27-22-21(23(28)26(25-22)19-9-2-1-3-10-19)14-16-6-5-11-20(13-16)31-15-17-7-4-8-18(12-17)24(29)30/h1-14H,15H2,(H,25,27)(H,29,30). The number of nitrogens with zero attached hydrogens (tertiary/aromatic N) is 1. The molecule has 0 unspecified atom stereocenters. The minimum Gasteiger partial charge on any atom is -0.489 e. The van der Waals surface area contributed by atoms with Crippen LogP contribution in [0.1, 0.15) is 21.5 Å². The summed E-state index contributed by atoms with van der Waals surface area (Å²) in [5.74, 6) is -1.39. The summed E-state index contributed by atoms with van der Waals surface area (Å²) in [6.45, 7) is 0.183. The van der Waals surface area contributed by atoms with E-state index in [4.69, 9.17) is 9.84 Å². The van der Waals surface area contributed by atoms with E-state index in [2.05, 4.69) is 5.43 Å². The van der Waals surface area contributed by atoms with Crippen molar-refractivity contribution in [1.29, 1.82) is 0 Å². The largest absolute Gasteiger partial charge is 0.489 e. The van der Waals surface area contributed by atoms with Crippen molar-refractivity contribution in [2.24, 2.45) is 0 Å². The van der Waals surface area contributed by atoms with Crippen molar-refractivity contribution < 1.29 is 24.2 Å². The zero-order valence-corrected chi connectivity index (χ0v) is 16.3. The Balaban J connectivity index is 1.50. The van der Waals surface area contributed by atoms with Crippen LogP contribution in [0.2, 0.25) is 0 Å². The smallest absolute Gasteiger partial charge is 0.335 e. The van der Waals surface area contributed by atoms with Crippen molar-refractivity contribution in [3.63, 3.8) is 0 Å². The molecule has 0 bridgehead atoms. The predicted molar refractivity (Wildman–Crippen MR) is 114 cm³/mol. The first kappa shape index (κ1) is 19.9. The van der Waals surface area contributed by atoms with Crippen molar-refractivity contribution in [2.75, 3.05) is 5.01 Å². The van der Waals surface area contributed by atoms with Crippen molar-refractivity contribution in [1.82, 2.24) is 5.43 Å². The van der Waals surface area contributed by atoms with Crippen LogP contribution in [0, 0.1) is 0 Å². The summed E-state index contributed by atoms with van der Waals surface area (Å²) >= 11 is 0. The molecule has 1 saturated heterocycles. The molecule has 3 aromatic rings. The number of hydrogen-bond acceptors (Lipinski definition) is 4. The molecule has 7 heteroatoms. The first-order chi connectivity index (χ1) is 15.0. The molecule has 7 nitrogen and oxygen atoms in total. The van der Waals surface area contributed by atoms with Crippen LogP contribution in [-0.4, -0.2) is 22.9 Å². The predicted octanol–water partition coefficient (Wildman–Crippen LogP) is 3.43. The molecule has 2 amide bonds. The number of carboxylic acid groups (broad SMARTS) is 1. The summed E-state index contributed by atoms with van der Waals surface area (Å²) in [6.07, 6.45) is 1.51. The number of amides is 2. The second-order valence-electron chi connectivity index (χ2n) is 6.84. The highest BCUT2D eigenvalue weighted by Crippen LogP contribution is 2.23. The molecule has 0 saturated carbocycles. The maximum absolute atomic E-state index is 12.7. The molecule has 31 heavy (non-hydrogen) atoms. The summed E-state index contributed by atoms with van der Waals surface area (Å²) in [5, 5.41) is 10.3. The Morgan fingerprint density at radius 2 is 1.74 bits per heavy atom. The molecule has 0 radical (unpaired) electrons. The van der Waals surface area contributed by atoms with Crippen LogP contribution < -0.4 is 15.2 Å². The fourth-order valence-corrected chi connectivity index (χ4v) is 3.14. The Bertz CT molecular complexity index is 1190. The highest BCUT2D eigenvalue weighted by atomic mass is 16.5. The van der Waals surface area contributed by atoms with Crippen LogP contribution in [0.5, 0.6) is 5.75 Å². The Kier molecular flexibility index (Phi) is 5.49. The van der Waals surface area contributed by atoms with Gasteiger partial charge in [-0.1, -0.05) is 42.5 Å². The van der Waals surface area contributed by atoms with Gasteiger partial charge in [-0.25, -0.2) is 9.80 Å². The van der Waals surface area contributed by atoms with Gasteiger partial charge >= 0.3 is 5.97 Å². The van der Waals surface area contributed by atoms with Crippen LogP contribution >= 0.6 is 0 Å². The Morgan fingerprint density at radius 1 is 0.968 bits per heavy atom. The average molecular weight is 414 g/mol. The highest BCUT2D eigenvalue weighted by Gasteiger charge is 2.34. The van der Waals surface area contributed by atoms with E-state index in [0.717, 1.165) is 0 Å². The summed E-state index contributed by atoms with van der Waals surface area (Å²) in [4.78, 5) is 36.1. The lowest BCUT2D eigenvalue weighted by molar-refractivity contribution is -0.117. The number of hydrogen-bond donors (Lipinski definition) is 2. The topological polar surface area (TPSA) is 95.9 Å². The van der Waals surface area contributed by atoms with Crippen molar-refractivity contribution in [3.05, 3.63) is 101 Å². The molecule has 0 aliphatic carbocycles. The number of carbonyl (C=O) groups excluding carboxylic acids is 2. The third-order valence-electron chi connectivity index (χ3n) is 4.65. The van der Waals surface area contributed by atoms with Gasteiger partial charge in [0.25, 0.3) is 11.8 Å². The van der Waals surface area contributed by atoms with Gasteiger partial charge in [-0.3, -0.25) is 15.0 Å². The van der Waals surface area contributed by atoms with Crippen LogP contribution in [0.3, 0.4) is 0 Å². The van der Waals surface area contributed by atoms with Crippen LogP contribution in [0.15, 0.2) is 84.4 Å². The number of carboxylic acids is 1. The molecule has 2 N–H and O–H groups in total. The fraction of sp³-hybridized carbons (Fsp3) is 0.0417. The lowest BCUT2D eigenvalue weighted by atomic mass is 10.1. The third-order valence-corrected chi connectivity index (χ3v) is 4.65. The summed E-state index contributed by atoms with van der Waals surface area (Å²) in [7, 11) is 0. The third kappa shape index (κ3) is 4.45. The van der Waals surface area contributed by atoms with E-state index >= 15 is 0 Å². The van der Waals surface area contributed by atoms with Crippen LogP contribution in [0.4, 0.5) is 5.69 Å². The van der Waals surface area contributed by atoms with Gasteiger partial charge in [-0.05, 0) is 53.6 Å². The Labute approximate surface area is 178 Å². The average Bonchev–Trinajstić information content (AvgIpc) is 3.07. The van der Waals surface area contributed by atoms with Gasteiger partial charge in [-0.15, -0.1) is 0 Å². The lowest BCUT2D eigenvalue weighted by Crippen LogP contribution is -2.35. The monoisotopic (exact) mass is 414 g/mol. The zero-order chi connectivity index (χ0) is 21.8. The Morgan fingerprint density at radius 3 is 2.52 bits per heavy atom. The molecule has 154 valence electrons. The van der Waals surface area contributed by atoms with Gasteiger partial charge < -0.3 is 9.84 Å². The summed E-state index contributed by atoms with van der Waals surface area (Å²) < 4.78 is 5.76. The van der Waals surface area contributed by atoms with Crippen LogP contribution in [0.25, 0.3) is 6.08 Å². The number of aromatic carboxylic acids is 1. The molecular formula is C24H18N2O5. The SMILES string of the molecule is O=C1NN(c2ccccc2)C(=O)C1=Cc1cccc(OCc2cccc(C(=O)O)c2)c1. The van der Waals surface area contributed by atoms with Crippen LogP contribution in [-0.2, 0) is 16.2 Å². The van der Waals surface area contributed by atoms with E-state index in [-0.39, 0.29) is 17.7 Å². The van der Waals surface area contributed by atoms with Gasteiger partial charge in [-0.2, -0.15) is 0 Å². The van der Waals surface area contributed by atoms with Gasteiger partial charge in [0.15, 0.2) is 0 Å². The van der Waals surface area contributed by atoms with E-state index in [1.807, 2.05) is 6.07 Å². The molecule has 1 aliphatic rings. The summed E-state index contributed by atoms with van der Waals surface area (Å²) in [5.41, 5.74) is 4.69. The molecule has 1 heterocycles. The minimum atomic E-state index is -1.00. The van der Waals surface area contributed by atoms with Crippen molar-refractivity contribution >= 4 is 29.5 Å². The quantitative estimate of drug-likeness (QED) is 0.476. The fourth-order valence-electron chi connectivity index (χ4n) is 3.14. The van der Waals surface area contributed by atoms with Crippen molar-refractivity contribution in [2.45, 2.75) is 6.61 Å². The van der Waals surface area contributed by atoms with E-state index in [9.17, 15) is 14.4 Å². The number of benzene rings is 3. The minimum absolute atomic E-state index is 0.0233. The number of ether oxygens (including phenoxy) is 1. The second-order valence-corrected chi connectivity index (χ2v) is 6.84. The molecular weight excluding hydrogens is 396 g/mol. The van der Waals surface area contributed by atoms with Gasteiger partial charge in [0.05, 0.1) is 11.3 Å². The van der Waals surface area contributed by atoms with Crippen molar-refractivity contribution in [3.8, 4) is 5.75 Å². The second kappa shape index (κ2) is 8.54. The number of carbonyl (C=O) groups is 3.